The summed E-state index contributed by atoms with van der Waals surface area (Å²) in [6.07, 6.45) is 1.29. The number of hydrogen-bond acceptors (Lipinski definition) is 5. The van der Waals surface area contributed by atoms with Crippen LogP contribution >= 0.6 is 0 Å². The number of nitrogens with two attached hydrogens (primary N) is 1. The molecule has 0 fully saturated rings. The lowest BCUT2D eigenvalue weighted by molar-refractivity contribution is 0.353. The fraction of sp³-hybridized carbons (Fsp3) is 0.429. The molecule has 1 aromatic heterocycles. The molecule has 0 saturated carbocycles. The molecule has 0 bridgehead atoms. The van der Waals surface area contributed by atoms with Crippen LogP contribution in [0.5, 0.6) is 5.75 Å². The molecule has 102 valence electrons. The highest BCUT2D eigenvalue weighted by molar-refractivity contribution is 5.35. The van der Waals surface area contributed by atoms with E-state index in [9.17, 15) is 0 Å². The fourth-order valence-corrected chi connectivity index (χ4v) is 1.95. The molecular formula is C14H19N3O2. The molecule has 0 aliphatic rings. The van der Waals surface area contributed by atoms with Crippen LogP contribution in [0.4, 0.5) is 0 Å². The topological polar surface area (TPSA) is 74.2 Å². The summed E-state index contributed by atoms with van der Waals surface area (Å²) in [4.78, 5) is 4.31. The average Bonchev–Trinajstić information content (AvgIpc) is 2.88. The largest absolute Gasteiger partial charge is 0.496 e. The van der Waals surface area contributed by atoms with E-state index in [0.29, 0.717) is 24.6 Å². The van der Waals surface area contributed by atoms with Crippen LogP contribution in [0.1, 0.15) is 31.1 Å². The number of benzene rings is 1. The van der Waals surface area contributed by atoms with E-state index < -0.39 is 5.54 Å². The van der Waals surface area contributed by atoms with Crippen molar-refractivity contribution in [1.82, 2.24) is 10.1 Å². The van der Waals surface area contributed by atoms with Crippen molar-refractivity contribution < 1.29 is 9.26 Å². The van der Waals surface area contributed by atoms with Gasteiger partial charge >= 0.3 is 0 Å². The van der Waals surface area contributed by atoms with Crippen molar-refractivity contribution >= 4 is 0 Å². The molecule has 5 nitrogen and oxygen atoms in total. The Hall–Kier alpha value is -1.88. The summed E-state index contributed by atoms with van der Waals surface area (Å²) in [6.45, 7) is 3.86. The van der Waals surface area contributed by atoms with Gasteiger partial charge in [0.25, 0.3) is 0 Å². The maximum absolute atomic E-state index is 6.32. The highest BCUT2D eigenvalue weighted by Gasteiger charge is 2.28. The predicted molar refractivity (Wildman–Crippen MR) is 71.9 cm³/mol. The Labute approximate surface area is 112 Å². The van der Waals surface area contributed by atoms with E-state index >= 15 is 0 Å². The van der Waals surface area contributed by atoms with Crippen molar-refractivity contribution in [3.05, 3.63) is 41.5 Å². The minimum absolute atomic E-state index is 0.523. The van der Waals surface area contributed by atoms with E-state index in [0.717, 1.165) is 11.3 Å². The number of ether oxygens (including phenoxy) is 1. The van der Waals surface area contributed by atoms with E-state index in [-0.39, 0.29) is 0 Å². The molecule has 1 heterocycles. The van der Waals surface area contributed by atoms with Gasteiger partial charge in [-0.2, -0.15) is 4.98 Å². The Balaban J connectivity index is 2.25. The zero-order valence-electron chi connectivity index (χ0n) is 11.5. The minimum Gasteiger partial charge on any atom is -0.496 e. The van der Waals surface area contributed by atoms with Gasteiger partial charge in [0.2, 0.25) is 5.89 Å². The quantitative estimate of drug-likeness (QED) is 0.891. The Bertz CT molecular complexity index is 549. The maximum Gasteiger partial charge on any atom is 0.226 e. The number of para-hydroxylation sites is 1. The van der Waals surface area contributed by atoms with Gasteiger partial charge in [-0.1, -0.05) is 30.3 Å². The second kappa shape index (κ2) is 5.40. The summed E-state index contributed by atoms with van der Waals surface area (Å²) in [5, 5.41) is 3.96. The number of aryl methyl sites for hydroxylation is 1. The van der Waals surface area contributed by atoms with Gasteiger partial charge < -0.3 is 15.0 Å². The molecular weight excluding hydrogens is 242 g/mol. The SMILES string of the molecule is CCc1nc(C(C)(N)Cc2ccccc2OC)no1. The Morgan fingerprint density at radius 2 is 2.11 bits per heavy atom. The summed E-state index contributed by atoms with van der Waals surface area (Å²) in [5.74, 6) is 1.94. The molecule has 0 aliphatic carbocycles. The van der Waals surface area contributed by atoms with E-state index in [4.69, 9.17) is 15.0 Å². The van der Waals surface area contributed by atoms with Crippen LogP contribution in [0.25, 0.3) is 0 Å². The van der Waals surface area contributed by atoms with Gasteiger partial charge in [-0.25, -0.2) is 0 Å². The number of methoxy groups -OCH3 is 1. The first-order valence-corrected chi connectivity index (χ1v) is 6.30. The lowest BCUT2D eigenvalue weighted by atomic mass is 9.92. The predicted octanol–water partition coefficient (Wildman–Crippen LogP) is 2.06. The van der Waals surface area contributed by atoms with Crippen LogP contribution in [0.15, 0.2) is 28.8 Å². The lowest BCUT2D eigenvalue weighted by Gasteiger charge is -2.21. The molecule has 1 aromatic carbocycles. The molecule has 0 radical (unpaired) electrons. The minimum atomic E-state index is -0.689. The molecule has 19 heavy (non-hydrogen) atoms. The molecule has 2 aromatic rings. The second-order valence-corrected chi connectivity index (χ2v) is 4.77. The van der Waals surface area contributed by atoms with Gasteiger partial charge in [0.1, 0.15) is 5.75 Å². The Morgan fingerprint density at radius 1 is 1.37 bits per heavy atom. The molecule has 0 aliphatic heterocycles. The third kappa shape index (κ3) is 2.93. The monoisotopic (exact) mass is 261 g/mol. The molecule has 2 N–H and O–H groups in total. The summed E-state index contributed by atoms with van der Waals surface area (Å²) in [6, 6.07) is 7.80. The molecule has 0 saturated heterocycles. The zero-order chi connectivity index (χ0) is 13.9. The van der Waals surface area contributed by atoms with Gasteiger partial charge in [-0.3, -0.25) is 0 Å². The van der Waals surface area contributed by atoms with E-state index in [1.165, 1.54) is 0 Å². The first-order chi connectivity index (χ1) is 9.06. The fourth-order valence-electron chi connectivity index (χ4n) is 1.95. The highest BCUT2D eigenvalue weighted by atomic mass is 16.5. The molecule has 0 amide bonds. The molecule has 5 heteroatoms. The number of nitrogens with zero attached hydrogens (tertiary/aromatic N) is 2. The van der Waals surface area contributed by atoms with Crippen LogP contribution in [-0.4, -0.2) is 17.3 Å². The standard InChI is InChI=1S/C14H19N3O2/c1-4-12-16-13(17-19-12)14(2,15)9-10-7-5-6-8-11(10)18-3/h5-8H,4,9,15H2,1-3H3. The van der Waals surface area contributed by atoms with Crippen LogP contribution in [-0.2, 0) is 18.4 Å². The number of aromatic nitrogens is 2. The Kier molecular flexibility index (Phi) is 3.85. The van der Waals surface area contributed by atoms with Gasteiger partial charge in [-0.05, 0) is 18.6 Å². The second-order valence-electron chi connectivity index (χ2n) is 4.77. The summed E-state index contributed by atoms with van der Waals surface area (Å²) in [7, 11) is 1.65. The van der Waals surface area contributed by atoms with Gasteiger partial charge in [0, 0.05) is 12.8 Å². The third-order valence-corrected chi connectivity index (χ3v) is 3.03. The van der Waals surface area contributed by atoms with Gasteiger partial charge in [0.05, 0.1) is 12.6 Å². The van der Waals surface area contributed by atoms with Crippen molar-refractivity contribution in [3.8, 4) is 5.75 Å². The van der Waals surface area contributed by atoms with Gasteiger partial charge in [-0.15, -0.1) is 0 Å². The van der Waals surface area contributed by atoms with E-state index in [2.05, 4.69) is 10.1 Å². The summed E-state index contributed by atoms with van der Waals surface area (Å²) in [5.41, 5.74) is 6.66. The van der Waals surface area contributed by atoms with E-state index in [1.807, 2.05) is 38.1 Å². The third-order valence-electron chi connectivity index (χ3n) is 3.03. The van der Waals surface area contributed by atoms with Crippen molar-refractivity contribution in [2.24, 2.45) is 5.73 Å². The molecule has 1 unspecified atom stereocenters. The van der Waals surface area contributed by atoms with Crippen molar-refractivity contribution in [3.63, 3.8) is 0 Å². The highest BCUT2D eigenvalue weighted by Crippen LogP contribution is 2.26. The number of rotatable bonds is 5. The van der Waals surface area contributed by atoms with Crippen LogP contribution in [0, 0.1) is 0 Å². The van der Waals surface area contributed by atoms with E-state index in [1.54, 1.807) is 7.11 Å². The van der Waals surface area contributed by atoms with Crippen LogP contribution in [0.2, 0.25) is 0 Å². The first-order valence-electron chi connectivity index (χ1n) is 6.30. The molecule has 1 atom stereocenters. The maximum atomic E-state index is 6.32. The lowest BCUT2D eigenvalue weighted by Crippen LogP contribution is -2.36. The average molecular weight is 261 g/mol. The molecule has 2 rings (SSSR count). The summed E-state index contributed by atoms with van der Waals surface area (Å²) < 4.78 is 10.5. The van der Waals surface area contributed by atoms with Gasteiger partial charge in [0.15, 0.2) is 5.82 Å². The molecule has 0 spiro atoms. The first kappa shape index (κ1) is 13.5. The van der Waals surface area contributed by atoms with Crippen molar-refractivity contribution in [2.45, 2.75) is 32.2 Å². The van der Waals surface area contributed by atoms with Crippen LogP contribution in [0.3, 0.4) is 0 Å². The smallest absolute Gasteiger partial charge is 0.226 e. The zero-order valence-corrected chi connectivity index (χ0v) is 11.5. The van der Waals surface area contributed by atoms with Crippen LogP contribution < -0.4 is 10.5 Å². The normalized spacial score (nSPS) is 14.1. The van der Waals surface area contributed by atoms with Crippen molar-refractivity contribution in [2.75, 3.05) is 7.11 Å². The summed E-state index contributed by atoms with van der Waals surface area (Å²) >= 11 is 0. The number of hydrogen-bond donors (Lipinski definition) is 1. The van der Waals surface area contributed by atoms with Crippen molar-refractivity contribution in [1.29, 1.82) is 0 Å². The Morgan fingerprint density at radius 3 is 2.74 bits per heavy atom.